The molecule has 0 spiro atoms. The molecule has 0 saturated heterocycles. The number of carbonyl (C=O) groups is 2. The molecule has 2 aliphatic heterocycles. The summed E-state index contributed by atoms with van der Waals surface area (Å²) in [7, 11) is 0. The first kappa shape index (κ1) is 24.9. The standard InChI is InChI=1S/C29H27FN4O2S/c1-3-19-6-14-23(15-7-19)31-27(35)17-26-28(36)32-29(37-26)34-25(21-8-4-18(2)5-9-21)16-24(33-34)20-10-12-22(30)13-11-20/h4-15,25-26H,3,16-17H2,1-2H3,(H,31,35)/t25-,26-/m1/s1. The van der Waals surface area contributed by atoms with E-state index in [1.807, 2.05) is 55.5 Å². The zero-order valence-corrected chi connectivity index (χ0v) is 21.5. The normalized spacial score (nSPS) is 19.1. The van der Waals surface area contributed by atoms with Gasteiger partial charge in [0.25, 0.3) is 5.91 Å². The SMILES string of the molecule is CCc1ccc(NC(=O)C[C@H]2SC(N3N=C(c4ccc(F)cc4)C[C@@H]3c3ccc(C)cc3)=NC2=O)cc1. The van der Waals surface area contributed by atoms with E-state index in [2.05, 4.69) is 17.2 Å². The molecule has 3 aromatic rings. The van der Waals surface area contributed by atoms with E-state index in [-0.39, 0.29) is 30.1 Å². The maximum Gasteiger partial charge on any atom is 0.262 e. The molecule has 0 fully saturated rings. The zero-order valence-electron chi connectivity index (χ0n) is 20.6. The van der Waals surface area contributed by atoms with E-state index in [1.54, 1.807) is 17.1 Å². The number of anilines is 1. The predicted octanol–water partition coefficient (Wildman–Crippen LogP) is 5.87. The van der Waals surface area contributed by atoms with Crippen LogP contribution < -0.4 is 5.32 Å². The Morgan fingerprint density at radius 1 is 1.05 bits per heavy atom. The van der Waals surface area contributed by atoms with Crippen molar-refractivity contribution >= 4 is 40.1 Å². The lowest BCUT2D eigenvalue weighted by Gasteiger charge is -2.23. The Morgan fingerprint density at radius 2 is 1.76 bits per heavy atom. The van der Waals surface area contributed by atoms with Crippen molar-refractivity contribution in [2.45, 2.75) is 44.4 Å². The number of hydrogen-bond acceptors (Lipinski definition) is 5. The fraction of sp³-hybridized carbons (Fsp3) is 0.241. The average molecular weight is 515 g/mol. The van der Waals surface area contributed by atoms with E-state index in [0.717, 1.165) is 28.8 Å². The van der Waals surface area contributed by atoms with Gasteiger partial charge < -0.3 is 5.32 Å². The fourth-order valence-corrected chi connectivity index (χ4v) is 5.42. The summed E-state index contributed by atoms with van der Waals surface area (Å²) >= 11 is 1.26. The van der Waals surface area contributed by atoms with Crippen LogP contribution in [0.25, 0.3) is 0 Å². The van der Waals surface area contributed by atoms with Crippen molar-refractivity contribution in [3.8, 4) is 0 Å². The molecule has 1 N–H and O–H groups in total. The van der Waals surface area contributed by atoms with Gasteiger partial charge in [-0.2, -0.15) is 10.1 Å². The monoisotopic (exact) mass is 514 g/mol. The predicted molar refractivity (Wildman–Crippen MR) is 146 cm³/mol. The van der Waals surface area contributed by atoms with Crippen molar-refractivity contribution < 1.29 is 14.0 Å². The molecule has 3 aromatic carbocycles. The molecule has 2 atom stereocenters. The minimum Gasteiger partial charge on any atom is -0.326 e. The number of halogens is 1. The number of hydrogen-bond donors (Lipinski definition) is 1. The van der Waals surface area contributed by atoms with Gasteiger partial charge in [-0.05, 0) is 54.3 Å². The van der Waals surface area contributed by atoms with Gasteiger partial charge in [0.2, 0.25) is 5.91 Å². The van der Waals surface area contributed by atoms with Crippen LogP contribution in [-0.4, -0.2) is 33.0 Å². The van der Waals surface area contributed by atoms with E-state index in [0.29, 0.717) is 17.3 Å². The maximum atomic E-state index is 13.5. The lowest BCUT2D eigenvalue weighted by atomic mass is 9.98. The van der Waals surface area contributed by atoms with Crippen molar-refractivity contribution in [2.75, 3.05) is 5.32 Å². The van der Waals surface area contributed by atoms with Gasteiger partial charge in [-0.3, -0.25) is 9.59 Å². The molecule has 2 aliphatic rings. The van der Waals surface area contributed by atoms with Gasteiger partial charge in [-0.15, -0.1) is 0 Å². The maximum absolute atomic E-state index is 13.5. The molecular formula is C29H27FN4O2S. The van der Waals surface area contributed by atoms with Gasteiger partial charge in [-0.1, -0.05) is 72.8 Å². The Bertz CT molecular complexity index is 1370. The van der Waals surface area contributed by atoms with Gasteiger partial charge in [0.15, 0.2) is 5.17 Å². The number of benzene rings is 3. The lowest BCUT2D eigenvalue weighted by molar-refractivity contribution is -0.121. The van der Waals surface area contributed by atoms with E-state index in [1.165, 1.54) is 29.5 Å². The van der Waals surface area contributed by atoms with Crippen LogP contribution in [0.1, 0.15) is 48.1 Å². The van der Waals surface area contributed by atoms with Gasteiger partial charge in [0, 0.05) is 18.5 Å². The summed E-state index contributed by atoms with van der Waals surface area (Å²) in [4.78, 5) is 29.8. The summed E-state index contributed by atoms with van der Waals surface area (Å²) in [6, 6.07) is 21.9. The molecule has 0 unspecified atom stereocenters. The molecule has 8 heteroatoms. The summed E-state index contributed by atoms with van der Waals surface area (Å²) in [5.74, 6) is -0.888. The Balaban J connectivity index is 1.33. The second-order valence-electron chi connectivity index (χ2n) is 9.17. The number of amidine groups is 1. The van der Waals surface area contributed by atoms with Crippen LogP contribution in [0.2, 0.25) is 0 Å². The molecule has 2 amide bonds. The number of aliphatic imine (C=N–C) groups is 1. The second-order valence-corrected chi connectivity index (χ2v) is 10.3. The van der Waals surface area contributed by atoms with Gasteiger partial charge in [0.05, 0.1) is 11.8 Å². The molecule has 6 nitrogen and oxygen atoms in total. The third kappa shape index (κ3) is 5.64. The number of thioether (sulfide) groups is 1. The quantitative estimate of drug-likeness (QED) is 0.446. The molecule has 188 valence electrons. The van der Waals surface area contributed by atoms with Crippen LogP contribution in [0.4, 0.5) is 10.1 Å². The first-order valence-electron chi connectivity index (χ1n) is 12.3. The molecule has 0 aliphatic carbocycles. The fourth-order valence-electron chi connectivity index (χ4n) is 4.36. The molecule has 37 heavy (non-hydrogen) atoms. The number of nitrogens with one attached hydrogen (secondary N) is 1. The van der Waals surface area contributed by atoms with Crippen molar-refractivity contribution in [3.05, 3.63) is 101 Å². The molecule has 0 radical (unpaired) electrons. The number of rotatable bonds is 6. The lowest BCUT2D eigenvalue weighted by Crippen LogP contribution is -2.25. The Hall–Kier alpha value is -3.78. The topological polar surface area (TPSA) is 74.1 Å². The number of hydrazone groups is 1. The molecule has 0 saturated carbocycles. The average Bonchev–Trinajstić information content (AvgIpc) is 3.49. The molecule has 0 bridgehead atoms. The van der Waals surface area contributed by atoms with E-state index in [4.69, 9.17) is 5.10 Å². The summed E-state index contributed by atoms with van der Waals surface area (Å²) in [6.07, 6.45) is 1.53. The van der Waals surface area contributed by atoms with Crippen LogP contribution in [-0.2, 0) is 16.0 Å². The Morgan fingerprint density at radius 3 is 2.43 bits per heavy atom. The Labute approximate surface area is 219 Å². The van der Waals surface area contributed by atoms with Crippen LogP contribution in [0.3, 0.4) is 0 Å². The summed E-state index contributed by atoms with van der Waals surface area (Å²) in [5, 5.41) is 9.30. The van der Waals surface area contributed by atoms with Crippen molar-refractivity contribution in [2.24, 2.45) is 10.1 Å². The number of aryl methyl sites for hydroxylation is 2. The highest BCUT2D eigenvalue weighted by atomic mass is 32.2. The first-order valence-corrected chi connectivity index (χ1v) is 13.1. The second kappa shape index (κ2) is 10.7. The van der Waals surface area contributed by atoms with Crippen molar-refractivity contribution in [3.63, 3.8) is 0 Å². The third-order valence-electron chi connectivity index (χ3n) is 6.49. The molecular weight excluding hydrogens is 487 g/mol. The van der Waals surface area contributed by atoms with Gasteiger partial charge >= 0.3 is 0 Å². The van der Waals surface area contributed by atoms with Gasteiger partial charge in [-0.25, -0.2) is 9.40 Å². The largest absolute Gasteiger partial charge is 0.326 e. The highest BCUT2D eigenvalue weighted by Gasteiger charge is 2.39. The minimum absolute atomic E-state index is 0.0175. The van der Waals surface area contributed by atoms with E-state index >= 15 is 0 Å². The van der Waals surface area contributed by atoms with Crippen molar-refractivity contribution in [1.29, 1.82) is 0 Å². The highest BCUT2D eigenvalue weighted by molar-refractivity contribution is 8.15. The van der Waals surface area contributed by atoms with E-state index < -0.39 is 5.25 Å². The Kier molecular flexibility index (Phi) is 7.19. The smallest absolute Gasteiger partial charge is 0.262 e. The summed E-state index contributed by atoms with van der Waals surface area (Å²) in [6.45, 7) is 4.10. The van der Waals surface area contributed by atoms with Crippen LogP contribution in [0, 0.1) is 12.7 Å². The van der Waals surface area contributed by atoms with Gasteiger partial charge in [0.1, 0.15) is 11.1 Å². The summed E-state index contributed by atoms with van der Waals surface area (Å²) in [5.41, 5.74) is 5.68. The molecule has 0 aromatic heterocycles. The summed E-state index contributed by atoms with van der Waals surface area (Å²) < 4.78 is 13.5. The van der Waals surface area contributed by atoms with Crippen LogP contribution >= 0.6 is 11.8 Å². The van der Waals surface area contributed by atoms with Crippen molar-refractivity contribution in [1.82, 2.24) is 5.01 Å². The highest BCUT2D eigenvalue weighted by Crippen LogP contribution is 2.38. The third-order valence-corrected chi connectivity index (χ3v) is 7.63. The number of nitrogens with zero attached hydrogens (tertiary/aromatic N) is 3. The van der Waals surface area contributed by atoms with Crippen LogP contribution in [0.5, 0.6) is 0 Å². The van der Waals surface area contributed by atoms with Crippen LogP contribution in [0.15, 0.2) is 82.9 Å². The molecule has 5 rings (SSSR count). The number of carbonyl (C=O) groups excluding carboxylic acids is 2. The van der Waals surface area contributed by atoms with E-state index in [9.17, 15) is 14.0 Å². The number of amides is 2. The molecule has 2 heterocycles. The first-order chi connectivity index (χ1) is 17.9. The minimum atomic E-state index is -0.617. The zero-order chi connectivity index (χ0) is 25.9.